The minimum atomic E-state index is -4.46. The molecule has 0 saturated heterocycles. The highest BCUT2D eigenvalue weighted by atomic mass is 19.4. The number of aliphatic hydroxyl groups is 1. The Bertz CT molecular complexity index is 334. The maximum Gasteiger partial charge on any atom is 0.435 e. The van der Waals surface area contributed by atoms with E-state index in [9.17, 15) is 13.2 Å². The summed E-state index contributed by atoms with van der Waals surface area (Å²) < 4.78 is 37.9. The highest BCUT2D eigenvalue weighted by Crippen LogP contribution is 2.29. The average molecular weight is 223 g/mol. The van der Waals surface area contributed by atoms with Crippen molar-refractivity contribution in [3.8, 4) is 0 Å². The molecule has 1 heterocycles. The lowest BCUT2D eigenvalue weighted by Gasteiger charge is -2.09. The van der Waals surface area contributed by atoms with E-state index in [2.05, 4.69) is 5.10 Å². The molecule has 4 nitrogen and oxygen atoms in total. The molecule has 0 aliphatic rings. The van der Waals surface area contributed by atoms with Crippen LogP contribution in [-0.4, -0.2) is 21.5 Å². The van der Waals surface area contributed by atoms with E-state index in [4.69, 9.17) is 10.8 Å². The van der Waals surface area contributed by atoms with Crippen LogP contribution in [0, 0.1) is 0 Å². The maximum absolute atomic E-state index is 12.3. The van der Waals surface area contributed by atoms with Crippen LogP contribution in [0.2, 0.25) is 0 Å². The van der Waals surface area contributed by atoms with Crippen molar-refractivity contribution in [2.24, 2.45) is 12.8 Å². The Kier molecular flexibility index (Phi) is 3.35. The van der Waals surface area contributed by atoms with E-state index in [1.165, 1.54) is 7.05 Å². The summed E-state index contributed by atoms with van der Waals surface area (Å²) in [5.41, 5.74) is 4.87. The van der Waals surface area contributed by atoms with Gasteiger partial charge in [0.2, 0.25) is 0 Å². The number of aromatic nitrogens is 2. The quantitative estimate of drug-likeness (QED) is 0.797. The number of aliphatic hydroxyl groups excluding tert-OH is 1. The zero-order chi connectivity index (χ0) is 11.6. The van der Waals surface area contributed by atoms with Crippen LogP contribution >= 0.6 is 0 Å². The van der Waals surface area contributed by atoms with Crippen molar-refractivity contribution >= 4 is 0 Å². The summed E-state index contributed by atoms with van der Waals surface area (Å²) in [5, 5.41) is 11.9. The first-order valence-electron chi connectivity index (χ1n) is 4.34. The number of alkyl halides is 3. The van der Waals surface area contributed by atoms with Gasteiger partial charge in [-0.1, -0.05) is 0 Å². The molecule has 1 rings (SSSR count). The second kappa shape index (κ2) is 4.19. The number of hydrogen-bond acceptors (Lipinski definition) is 3. The van der Waals surface area contributed by atoms with Crippen LogP contribution < -0.4 is 5.73 Å². The fourth-order valence-electron chi connectivity index (χ4n) is 1.25. The molecule has 0 bridgehead atoms. The minimum absolute atomic E-state index is 0.173. The molecule has 0 aromatic carbocycles. The third-order valence-corrected chi connectivity index (χ3v) is 2.03. The minimum Gasteiger partial charge on any atom is -0.396 e. The number of nitrogens with zero attached hydrogens (tertiary/aromatic N) is 2. The molecular weight excluding hydrogens is 211 g/mol. The molecule has 1 aromatic heterocycles. The van der Waals surface area contributed by atoms with E-state index < -0.39 is 17.9 Å². The SMILES string of the molecule is Cn1nc(C(F)(F)F)cc1C(N)CCO. The van der Waals surface area contributed by atoms with Gasteiger partial charge in [0.25, 0.3) is 0 Å². The molecule has 15 heavy (non-hydrogen) atoms. The molecule has 0 aliphatic carbocycles. The molecule has 3 N–H and O–H groups in total. The number of nitrogens with two attached hydrogens (primary N) is 1. The third-order valence-electron chi connectivity index (χ3n) is 2.03. The molecule has 0 spiro atoms. The molecular formula is C8H12F3N3O. The molecule has 0 saturated carbocycles. The van der Waals surface area contributed by atoms with Crippen LogP contribution in [0.15, 0.2) is 6.07 Å². The lowest BCUT2D eigenvalue weighted by atomic mass is 10.1. The predicted molar refractivity (Wildman–Crippen MR) is 46.8 cm³/mol. The molecule has 86 valence electrons. The Hall–Kier alpha value is -1.08. The molecule has 0 fully saturated rings. The summed E-state index contributed by atoms with van der Waals surface area (Å²) in [4.78, 5) is 0. The molecule has 0 radical (unpaired) electrons. The molecule has 1 atom stereocenters. The molecule has 1 aromatic rings. The van der Waals surface area contributed by atoms with Gasteiger partial charge in [0, 0.05) is 19.7 Å². The second-order valence-corrected chi connectivity index (χ2v) is 3.19. The Balaban J connectivity index is 2.96. The van der Waals surface area contributed by atoms with Gasteiger partial charge in [0.05, 0.1) is 5.69 Å². The van der Waals surface area contributed by atoms with Crippen molar-refractivity contribution in [1.82, 2.24) is 9.78 Å². The molecule has 0 amide bonds. The summed E-state index contributed by atoms with van der Waals surface area (Å²) in [5.74, 6) is 0. The summed E-state index contributed by atoms with van der Waals surface area (Å²) in [7, 11) is 1.39. The Labute approximate surface area is 84.5 Å². The number of rotatable bonds is 3. The second-order valence-electron chi connectivity index (χ2n) is 3.19. The van der Waals surface area contributed by atoms with Gasteiger partial charge in [-0.3, -0.25) is 4.68 Å². The van der Waals surface area contributed by atoms with Gasteiger partial charge < -0.3 is 10.8 Å². The summed E-state index contributed by atoms with van der Waals surface area (Å²) in [6.45, 7) is -0.173. The zero-order valence-electron chi connectivity index (χ0n) is 8.12. The van der Waals surface area contributed by atoms with E-state index in [-0.39, 0.29) is 18.7 Å². The monoisotopic (exact) mass is 223 g/mol. The van der Waals surface area contributed by atoms with Gasteiger partial charge >= 0.3 is 6.18 Å². The summed E-state index contributed by atoms with van der Waals surface area (Å²) in [6.07, 6.45) is -4.26. The van der Waals surface area contributed by atoms with Crippen molar-refractivity contribution < 1.29 is 18.3 Å². The highest BCUT2D eigenvalue weighted by molar-refractivity contribution is 5.16. The van der Waals surface area contributed by atoms with Crippen molar-refractivity contribution in [2.75, 3.05) is 6.61 Å². The number of aryl methyl sites for hydroxylation is 1. The van der Waals surface area contributed by atoms with Gasteiger partial charge in [-0.05, 0) is 12.5 Å². The van der Waals surface area contributed by atoms with Crippen LogP contribution in [-0.2, 0) is 13.2 Å². The summed E-state index contributed by atoms with van der Waals surface area (Å²) >= 11 is 0. The lowest BCUT2D eigenvalue weighted by Crippen LogP contribution is -2.15. The first-order chi connectivity index (χ1) is 6.86. The fourth-order valence-corrected chi connectivity index (χ4v) is 1.25. The standard InChI is InChI=1S/C8H12F3N3O/c1-14-6(5(12)2-3-15)4-7(13-14)8(9,10)11/h4-5,15H,2-3,12H2,1H3. The van der Waals surface area contributed by atoms with E-state index in [0.29, 0.717) is 0 Å². The first kappa shape index (κ1) is 12.0. The largest absolute Gasteiger partial charge is 0.435 e. The number of hydrogen-bond donors (Lipinski definition) is 2. The van der Waals surface area contributed by atoms with E-state index >= 15 is 0 Å². The van der Waals surface area contributed by atoms with Crippen LogP contribution in [0.25, 0.3) is 0 Å². The lowest BCUT2D eigenvalue weighted by molar-refractivity contribution is -0.141. The normalized spacial score (nSPS) is 14.3. The Morgan fingerprint density at radius 3 is 2.60 bits per heavy atom. The van der Waals surface area contributed by atoms with E-state index in [1.54, 1.807) is 0 Å². The molecule has 1 unspecified atom stereocenters. The van der Waals surface area contributed by atoms with Gasteiger partial charge in [-0.15, -0.1) is 0 Å². The van der Waals surface area contributed by atoms with Crippen molar-refractivity contribution in [3.05, 3.63) is 17.5 Å². The molecule has 7 heteroatoms. The van der Waals surface area contributed by atoms with Gasteiger partial charge in [0.1, 0.15) is 0 Å². The van der Waals surface area contributed by atoms with Crippen LogP contribution in [0.3, 0.4) is 0 Å². The van der Waals surface area contributed by atoms with Gasteiger partial charge in [0.15, 0.2) is 5.69 Å². The zero-order valence-corrected chi connectivity index (χ0v) is 8.12. The smallest absolute Gasteiger partial charge is 0.396 e. The van der Waals surface area contributed by atoms with E-state index in [0.717, 1.165) is 10.7 Å². The Morgan fingerprint density at radius 2 is 2.20 bits per heavy atom. The van der Waals surface area contributed by atoms with Crippen molar-refractivity contribution in [2.45, 2.75) is 18.6 Å². The van der Waals surface area contributed by atoms with Crippen molar-refractivity contribution in [1.29, 1.82) is 0 Å². The highest BCUT2D eigenvalue weighted by Gasteiger charge is 2.35. The summed E-state index contributed by atoms with van der Waals surface area (Å²) in [6, 6.07) is 0.268. The van der Waals surface area contributed by atoms with Crippen LogP contribution in [0.5, 0.6) is 0 Å². The Morgan fingerprint density at radius 1 is 1.60 bits per heavy atom. The average Bonchev–Trinajstić information content (AvgIpc) is 2.47. The topological polar surface area (TPSA) is 64.1 Å². The predicted octanol–water partition coefficient (Wildman–Crippen LogP) is 0.821. The van der Waals surface area contributed by atoms with Crippen molar-refractivity contribution in [3.63, 3.8) is 0 Å². The van der Waals surface area contributed by atoms with E-state index in [1.807, 2.05) is 0 Å². The first-order valence-corrected chi connectivity index (χ1v) is 4.34. The molecule has 0 aliphatic heterocycles. The van der Waals surface area contributed by atoms with Crippen LogP contribution in [0.4, 0.5) is 13.2 Å². The maximum atomic E-state index is 12.3. The van der Waals surface area contributed by atoms with Gasteiger partial charge in [-0.2, -0.15) is 18.3 Å². The number of halogens is 3. The van der Waals surface area contributed by atoms with Crippen LogP contribution in [0.1, 0.15) is 23.9 Å². The van der Waals surface area contributed by atoms with Gasteiger partial charge in [-0.25, -0.2) is 0 Å². The fraction of sp³-hybridized carbons (Fsp3) is 0.625. The third kappa shape index (κ3) is 2.69.